The molecule has 0 N–H and O–H groups in total. The molecule has 1 heterocycles. The number of ether oxygens (including phenoxy) is 1. The molecular formula is C20H32O4S. The van der Waals surface area contributed by atoms with E-state index < -0.39 is 10.1 Å². The van der Waals surface area contributed by atoms with Gasteiger partial charge in [0.2, 0.25) is 0 Å². The molecule has 142 valence electrons. The molecule has 0 bridgehead atoms. The molecule has 1 aliphatic rings. The van der Waals surface area contributed by atoms with E-state index in [0.29, 0.717) is 6.61 Å². The fraction of sp³-hybridized carbons (Fsp3) is 0.700. The number of aryl methyl sites for hydroxylation is 1. The van der Waals surface area contributed by atoms with E-state index in [0.717, 1.165) is 24.8 Å². The second kappa shape index (κ2) is 10.3. The van der Waals surface area contributed by atoms with E-state index in [1.807, 2.05) is 6.92 Å². The van der Waals surface area contributed by atoms with Crippen molar-refractivity contribution in [2.75, 3.05) is 6.61 Å². The van der Waals surface area contributed by atoms with Crippen molar-refractivity contribution in [2.24, 2.45) is 0 Å². The Balaban J connectivity index is 1.74. The summed E-state index contributed by atoms with van der Waals surface area (Å²) in [6, 6.07) is 6.78. The van der Waals surface area contributed by atoms with Crippen LogP contribution in [-0.2, 0) is 19.0 Å². The standard InChI is InChI=1S/C20H32O4S/c1-3-4-5-6-7-8-9-10-11-19(20-16-23-20)24-25(21,22)18-14-12-17(2)13-15-18/h12-15,19-20H,3-11,16H2,1-2H3/t19-,20-/m0/s1. The summed E-state index contributed by atoms with van der Waals surface area (Å²) in [6.07, 6.45) is 10.2. The summed E-state index contributed by atoms with van der Waals surface area (Å²) in [7, 11) is -3.72. The lowest BCUT2D eigenvalue weighted by Crippen LogP contribution is -2.24. The zero-order valence-corrected chi connectivity index (χ0v) is 16.4. The summed E-state index contributed by atoms with van der Waals surface area (Å²) in [5, 5.41) is 0. The Morgan fingerprint density at radius 2 is 1.60 bits per heavy atom. The van der Waals surface area contributed by atoms with Crippen molar-refractivity contribution in [2.45, 2.75) is 88.7 Å². The van der Waals surface area contributed by atoms with Gasteiger partial charge in [-0.2, -0.15) is 8.42 Å². The highest BCUT2D eigenvalue weighted by Gasteiger charge is 2.36. The van der Waals surface area contributed by atoms with E-state index in [2.05, 4.69) is 6.92 Å². The third-order valence-electron chi connectivity index (χ3n) is 4.68. The van der Waals surface area contributed by atoms with Gasteiger partial charge in [0.05, 0.1) is 11.5 Å². The fourth-order valence-corrected chi connectivity index (χ4v) is 4.09. The van der Waals surface area contributed by atoms with E-state index in [-0.39, 0.29) is 17.1 Å². The zero-order valence-electron chi connectivity index (χ0n) is 15.6. The SMILES string of the molecule is CCCCCCCCCC[C@H](OS(=O)(=O)c1ccc(C)cc1)[C@@H]1CO1. The van der Waals surface area contributed by atoms with Gasteiger partial charge in [0.25, 0.3) is 10.1 Å². The first kappa shape index (κ1) is 20.4. The average Bonchev–Trinajstić information content (AvgIpc) is 3.41. The summed E-state index contributed by atoms with van der Waals surface area (Å²) in [6.45, 7) is 4.76. The topological polar surface area (TPSA) is 55.9 Å². The molecule has 0 unspecified atom stereocenters. The predicted molar refractivity (Wildman–Crippen MR) is 100 cm³/mol. The number of rotatable bonds is 13. The fourth-order valence-electron chi connectivity index (χ4n) is 2.97. The van der Waals surface area contributed by atoms with Crippen LogP contribution in [0, 0.1) is 6.92 Å². The van der Waals surface area contributed by atoms with Crippen molar-refractivity contribution < 1.29 is 17.3 Å². The van der Waals surface area contributed by atoms with Gasteiger partial charge in [-0.1, -0.05) is 76.0 Å². The molecule has 1 aliphatic heterocycles. The number of epoxide rings is 1. The lowest BCUT2D eigenvalue weighted by molar-refractivity contribution is 0.153. The van der Waals surface area contributed by atoms with E-state index in [4.69, 9.17) is 8.92 Å². The van der Waals surface area contributed by atoms with Crippen molar-refractivity contribution in [3.8, 4) is 0 Å². The minimum absolute atomic E-state index is 0.0650. The summed E-state index contributed by atoms with van der Waals surface area (Å²) in [4.78, 5) is 0.222. The van der Waals surface area contributed by atoms with Gasteiger partial charge in [-0.25, -0.2) is 0 Å². The Kier molecular flexibility index (Phi) is 8.40. The molecule has 1 aromatic rings. The van der Waals surface area contributed by atoms with Gasteiger partial charge in [0, 0.05) is 0 Å². The van der Waals surface area contributed by atoms with Gasteiger partial charge in [0.1, 0.15) is 12.2 Å². The second-order valence-electron chi connectivity index (χ2n) is 7.04. The van der Waals surface area contributed by atoms with Crippen molar-refractivity contribution in [3.63, 3.8) is 0 Å². The Labute approximate surface area is 153 Å². The largest absolute Gasteiger partial charge is 0.370 e. The third-order valence-corrected chi connectivity index (χ3v) is 6.03. The van der Waals surface area contributed by atoms with Crippen LogP contribution >= 0.6 is 0 Å². The normalized spacial score (nSPS) is 18.2. The zero-order chi connectivity index (χ0) is 18.1. The summed E-state index contributed by atoms with van der Waals surface area (Å²) >= 11 is 0. The molecule has 0 radical (unpaired) electrons. The molecule has 0 spiro atoms. The maximum Gasteiger partial charge on any atom is 0.297 e. The van der Waals surface area contributed by atoms with Gasteiger partial charge in [-0.3, -0.25) is 4.18 Å². The summed E-state index contributed by atoms with van der Waals surface area (Å²) in [5.74, 6) is 0. The number of benzene rings is 1. The first-order valence-electron chi connectivity index (χ1n) is 9.64. The van der Waals surface area contributed by atoms with Gasteiger partial charge in [-0.05, 0) is 25.5 Å². The lowest BCUT2D eigenvalue weighted by atomic mass is 10.0. The minimum atomic E-state index is -3.72. The average molecular weight is 369 g/mol. The van der Waals surface area contributed by atoms with Crippen LogP contribution in [-0.4, -0.2) is 27.2 Å². The number of hydrogen-bond donors (Lipinski definition) is 0. The molecule has 2 atom stereocenters. The van der Waals surface area contributed by atoms with Crippen LogP contribution in [0.5, 0.6) is 0 Å². The van der Waals surface area contributed by atoms with E-state index in [9.17, 15) is 8.42 Å². The lowest BCUT2D eigenvalue weighted by Gasteiger charge is -2.15. The summed E-state index contributed by atoms with van der Waals surface area (Å²) in [5.41, 5.74) is 1.03. The highest BCUT2D eigenvalue weighted by atomic mass is 32.2. The first-order valence-corrected chi connectivity index (χ1v) is 11.1. The van der Waals surface area contributed by atoms with Crippen molar-refractivity contribution in [3.05, 3.63) is 29.8 Å². The van der Waals surface area contributed by atoms with Gasteiger partial charge < -0.3 is 4.74 Å². The van der Waals surface area contributed by atoms with Crippen molar-refractivity contribution in [1.29, 1.82) is 0 Å². The van der Waals surface area contributed by atoms with Crippen LogP contribution in [0.25, 0.3) is 0 Å². The molecule has 1 fully saturated rings. The highest BCUT2D eigenvalue weighted by Crippen LogP contribution is 2.26. The summed E-state index contributed by atoms with van der Waals surface area (Å²) < 4.78 is 35.7. The Hall–Kier alpha value is -0.910. The third kappa shape index (κ3) is 7.47. The molecule has 2 rings (SSSR count). The van der Waals surface area contributed by atoms with Crippen LogP contribution in [0.2, 0.25) is 0 Å². The Morgan fingerprint density at radius 3 is 2.16 bits per heavy atom. The molecule has 4 nitrogen and oxygen atoms in total. The van der Waals surface area contributed by atoms with Crippen LogP contribution in [0.4, 0.5) is 0 Å². The van der Waals surface area contributed by atoms with Crippen LogP contribution in [0.1, 0.15) is 70.3 Å². The smallest absolute Gasteiger partial charge is 0.297 e. The molecular weight excluding hydrogens is 336 g/mol. The maximum atomic E-state index is 12.4. The van der Waals surface area contributed by atoms with Crippen molar-refractivity contribution >= 4 is 10.1 Å². The van der Waals surface area contributed by atoms with E-state index >= 15 is 0 Å². The maximum absolute atomic E-state index is 12.4. The number of hydrogen-bond acceptors (Lipinski definition) is 4. The monoisotopic (exact) mass is 368 g/mol. The molecule has 0 aromatic heterocycles. The Bertz CT molecular complexity index is 591. The molecule has 0 saturated carbocycles. The van der Waals surface area contributed by atoms with Gasteiger partial charge in [-0.15, -0.1) is 0 Å². The highest BCUT2D eigenvalue weighted by molar-refractivity contribution is 7.86. The quantitative estimate of drug-likeness (QED) is 0.279. The van der Waals surface area contributed by atoms with E-state index in [1.165, 1.54) is 38.5 Å². The second-order valence-corrected chi connectivity index (χ2v) is 8.61. The molecule has 5 heteroatoms. The van der Waals surface area contributed by atoms with Gasteiger partial charge in [0.15, 0.2) is 0 Å². The molecule has 1 aromatic carbocycles. The van der Waals surface area contributed by atoms with Crippen LogP contribution < -0.4 is 0 Å². The molecule has 1 saturated heterocycles. The molecule has 25 heavy (non-hydrogen) atoms. The molecule has 0 amide bonds. The van der Waals surface area contributed by atoms with Crippen LogP contribution in [0.3, 0.4) is 0 Å². The Morgan fingerprint density at radius 1 is 1.04 bits per heavy atom. The molecule has 0 aliphatic carbocycles. The van der Waals surface area contributed by atoms with Crippen molar-refractivity contribution in [1.82, 2.24) is 0 Å². The van der Waals surface area contributed by atoms with Crippen LogP contribution in [0.15, 0.2) is 29.2 Å². The first-order chi connectivity index (χ1) is 12.0. The predicted octanol–water partition coefficient (Wildman–Crippen LogP) is 5.00. The van der Waals surface area contributed by atoms with E-state index in [1.54, 1.807) is 24.3 Å². The van der Waals surface area contributed by atoms with Gasteiger partial charge >= 0.3 is 0 Å². The minimum Gasteiger partial charge on any atom is -0.370 e. The number of unbranched alkanes of at least 4 members (excludes halogenated alkanes) is 7.